The number of nitrogens with zero attached hydrogens (tertiary/aromatic N) is 6. The summed E-state index contributed by atoms with van der Waals surface area (Å²) in [5.74, 6) is 0.929. The molecule has 4 N–H and O–H groups in total. The van der Waals surface area contributed by atoms with Crippen LogP contribution in [0.5, 0.6) is 0 Å². The van der Waals surface area contributed by atoms with Crippen molar-refractivity contribution in [2.75, 3.05) is 40.4 Å². The summed E-state index contributed by atoms with van der Waals surface area (Å²) >= 11 is 0. The molecule has 16 heteroatoms. The second kappa shape index (κ2) is 16.2. The number of rotatable bonds is 9. The van der Waals surface area contributed by atoms with E-state index in [0.29, 0.717) is 52.0 Å². The topological polar surface area (TPSA) is 198 Å². The van der Waals surface area contributed by atoms with Crippen LogP contribution in [0.2, 0.25) is 0 Å². The fourth-order valence-corrected chi connectivity index (χ4v) is 12.6. The molecule has 6 atom stereocenters. The largest absolute Gasteiger partial charge is 0.465 e. The summed E-state index contributed by atoms with van der Waals surface area (Å²) in [7, 11) is 3.04. The molecule has 2 aliphatic carbocycles. The third-order valence-electron chi connectivity index (χ3n) is 16.5. The number of carboxylic acid groups (broad SMARTS) is 2. The average Bonchev–Trinajstić information content (AvgIpc) is 3.85. The van der Waals surface area contributed by atoms with Crippen LogP contribution in [0.3, 0.4) is 0 Å². The van der Waals surface area contributed by atoms with Gasteiger partial charge in [0.25, 0.3) is 0 Å². The zero-order valence-corrected chi connectivity index (χ0v) is 38.6. The Kier molecular flexibility index (Phi) is 10.2. The quantitative estimate of drug-likeness (QED) is 0.109. The maximum Gasteiger partial charge on any atom is 0.407 e. The van der Waals surface area contributed by atoms with E-state index in [1.807, 2.05) is 21.9 Å². The fourth-order valence-electron chi connectivity index (χ4n) is 12.6. The first-order chi connectivity index (χ1) is 32.9. The van der Waals surface area contributed by atoms with Gasteiger partial charge in [0, 0.05) is 51.2 Å². The Labute approximate surface area is 392 Å². The van der Waals surface area contributed by atoms with Crippen molar-refractivity contribution in [1.29, 1.82) is 0 Å². The van der Waals surface area contributed by atoms with Crippen molar-refractivity contribution in [1.82, 2.24) is 39.5 Å². The van der Waals surface area contributed by atoms with Gasteiger partial charge in [-0.2, -0.15) is 0 Å². The molecular formula is C52H58N8O8. The summed E-state index contributed by atoms with van der Waals surface area (Å²) in [6.07, 6.45) is 7.46. The first kappa shape index (κ1) is 43.0. The Morgan fingerprint density at radius 2 is 1.06 bits per heavy atom. The molecule has 6 aromatic rings. The number of imidazole rings is 2. The highest BCUT2D eigenvalue weighted by Crippen LogP contribution is 2.51. The van der Waals surface area contributed by atoms with Crippen LogP contribution in [-0.4, -0.2) is 137 Å². The third-order valence-corrected chi connectivity index (χ3v) is 16.5. The van der Waals surface area contributed by atoms with Crippen LogP contribution in [0.25, 0.3) is 54.7 Å². The van der Waals surface area contributed by atoms with Crippen LogP contribution in [0, 0.1) is 11.8 Å². The van der Waals surface area contributed by atoms with Gasteiger partial charge in [-0.25, -0.2) is 19.6 Å². The lowest BCUT2D eigenvalue weighted by atomic mass is 9.85. The summed E-state index contributed by atoms with van der Waals surface area (Å²) in [5.41, 5.74) is 5.17. The van der Waals surface area contributed by atoms with E-state index < -0.39 is 24.3 Å². The Bertz CT molecular complexity index is 2830. The van der Waals surface area contributed by atoms with E-state index in [0.717, 1.165) is 118 Å². The van der Waals surface area contributed by atoms with Crippen LogP contribution >= 0.6 is 0 Å². The lowest BCUT2D eigenvalue weighted by Gasteiger charge is -2.40. The molecule has 12 rings (SSSR count). The van der Waals surface area contributed by atoms with Crippen molar-refractivity contribution in [2.45, 2.75) is 112 Å². The summed E-state index contributed by atoms with van der Waals surface area (Å²) in [6.45, 7) is 2.19. The standard InChI is InChI=1S/C52H58N8O8/c1-57(49(63)64)43(33-15-23-67-51(27-33)17-18-51)47(61)59-21-3-5-39(59)45-53-37-13-9-31-25-29(7-11-35(31)41(37)55-45)30-8-12-36-32(26-30)10-14-38-42(36)56-46(54-38)40-6-4-22-60(40)48(62)44(58(2)50(65)66)34-16-24-68-52(28-34)19-20-52/h7-14,25-26,33-34,39-40,43-44H,3-6,15-24,27-28H2,1-2H3,(H,53,55)(H,54,56)(H,63,64)(H,65,66)/t33?,34?,39-,40-,43?,44?/m0/s1. The monoisotopic (exact) mass is 922 g/mol. The molecule has 4 saturated heterocycles. The molecular weight excluding hydrogens is 865 g/mol. The van der Waals surface area contributed by atoms with Crippen molar-refractivity contribution in [3.63, 3.8) is 0 Å². The van der Waals surface area contributed by atoms with E-state index in [4.69, 9.17) is 19.4 Å². The van der Waals surface area contributed by atoms with Crippen molar-refractivity contribution >= 4 is 67.6 Å². The minimum absolute atomic E-state index is 0.101. The number of benzene rings is 4. The van der Waals surface area contributed by atoms with Crippen LogP contribution in [0.1, 0.15) is 101 Å². The van der Waals surface area contributed by atoms with E-state index in [1.165, 1.54) is 23.9 Å². The van der Waals surface area contributed by atoms with E-state index in [1.54, 1.807) is 0 Å². The Morgan fingerprint density at radius 1 is 0.632 bits per heavy atom. The van der Waals surface area contributed by atoms with Crippen molar-refractivity contribution in [3.8, 4) is 11.1 Å². The average molecular weight is 923 g/mol. The highest BCUT2D eigenvalue weighted by Gasteiger charge is 2.54. The zero-order valence-electron chi connectivity index (χ0n) is 38.6. The van der Waals surface area contributed by atoms with Gasteiger partial charge in [-0.05, 0) is 135 Å². The zero-order chi connectivity index (χ0) is 46.6. The molecule has 4 aromatic carbocycles. The molecule has 354 valence electrons. The number of nitrogens with one attached hydrogen (secondary N) is 2. The molecule has 4 unspecified atom stereocenters. The van der Waals surface area contributed by atoms with Gasteiger partial charge in [-0.15, -0.1) is 0 Å². The highest BCUT2D eigenvalue weighted by molar-refractivity contribution is 6.07. The van der Waals surface area contributed by atoms with Gasteiger partial charge in [0.2, 0.25) is 11.8 Å². The number of likely N-dealkylation sites (N-methyl/N-ethyl adjacent to an activating group) is 2. The number of aromatic amines is 2. The first-order valence-electron chi connectivity index (χ1n) is 24.5. The van der Waals surface area contributed by atoms with Crippen molar-refractivity contribution in [3.05, 3.63) is 72.3 Å². The Morgan fingerprint density at radius 3 is 1.46 bits per heavy atom. The van der Waals surface area contributed by atoms with E-state index in [9.17, 15) is 29.4 Å². The summed E-state index contributed by atoms with van der Waals surface area (Å²) in [4.78, 5) is 77.0. The third kappa shape index (κ3) is 7.33. The van der Waals surface area contributed by atoms with Gasteiger partial charge in [0.05, 0.1) is 45.4 Å². The molecule has 2 spiro atoms. The molecule has 2 aromatic heterocycles. The van der Waals surface area contributed by atoms with Crippen LogP contribution < -0.4 is 0 Å². The van der Waals surface area contributed by atoms with Gasteiger partial charge in [-0.1, -0.05) is 36.4 Å². The number of likely N-dealkylation sites (tertiary alicyclic amines) is 2. The maximum absolute atomic E-state index is 14.5. The van der Waals surface area contributed by atoms with E-state index in [-0.39, 0.29) is 46.9 Å². The molecule has 0 bridgehead atoms. The molecule has 16 nitrogen and oxygen atoms in total. The fraction of sp³-hybridized carbons (Fsp3) is 0.500. The molecule has 6 aliphatic rings. The van der Waals surface area contributed by atoms with Crippen LogP contribution in [-0.2, 0) is 19.1 Å². The minimum atomic E-state index is -1.10. The Balaban J connectivity index is 0.794. The lowest BCUT2D eigenvalue weighted by Crippen LogP contribution is -2.54. The van der Waals surface area contributed by atoms with Gasteiger partial charge >= 0.3 is 12.2 Å². The molecule has 6 heterocycles. The van der Waals surface area contributed by atoms with Crippen molar-refractivity contribution < 1.29 is 38.9 Å². The molecule has 4 amide bonds. The minimum Gasteiger partial charge on any atom is -0.465 e. The second-order valence-electron chi connectivity index (χ2n) is 20.7. The number of amides is 4. The Hall–Kier alpha value is -6.26. The molecule has 0 radical (unpaired) electrons. The number of carbonyl (C=O) groups is 4. The highest BCUT2D eigenvalue weighted by atomic mass is 16.5. The summed E-state index contributed by atoms with van der Waals surface area (Å²) in [6, 6.07) is 19.0. The summed E-state index contributed by atoms with van der Waals surface area (Å²) < 4.78 is 12.1. The smallest absolute Gasteiger partial charge is 0.407 e. The van der Waals surface area contributed by atoms with Gasteiger partial charge < -0.3 is 39.5 Å². The van der Waals surface area contributed by atoms with E-state index >= 15 is 0 Å². The number of aromatic nitrogens is 4. The van der Waals surface area contributed by atoms with Gasteiger partial charge in [0.15, 0.2) is 0 Å². The van der Waals surface area contributed by atoms with Crippen molar-refractivity contribution in [2.24, 2.45) is 11.8 Å². The summed E-state index contributed by atoms with van der Waals surface area (Å²) in [5, 5.41) is 24.3. The number of fused-ring (bicyclic) bond motifs is 6. The number of hydrogen-bond donors (Lipinski definition) is 4. The van der Waals surface area contributed by atoms with Crippen LogP contribution in [0.15, 0.2) is 60.7 Å². The van der Waals surface area contributed by atoms with Crippen LogP contribution in [0.4, 0.5) is 9.59 Å². The van der Waals surface area contributed by atoms with E-state index in [2.05, 4.69) is 58.5 Å². The lowest BCUT2D eigenvalue weighted by molar-refractivity contribution is -0.142. The predicted molar refractivity (Wildman–Crippen MR) is 254 cm³/mol. The second-order valence-corrected chi connectivity index (χ2v) is 20.7. The normalized spacial score (nSPS) is 24.9. The molecule has 2 saturated carbocycles. The first-order valence-corrected chi connectivity index (χ1v) is 24.5. The number of carbonyl (C=O) groups excluding carboxylic acids is 2. The molecule has 4 aliphatic heterocycles. The molecule has 68 heavy (non-hydrogen) atoms. The number of H-pyrrole nitrogens is 2. The molecule has 6 fully saturated rings. The van der Waals surface area contributed by atoms with Gasteiger partial charge in [-0.3, -0.25) is 19.4 Å². The number of hydrogen-bond acceptors (Lipinski definition) is 8. The maximum atomic E-state index is 14.5. The SMILES string of the molecule is CN(C(=O)O)C(C(=O)N1CCC[C@H]1c1nc2ccc3cc(-c4ccc5c(ccc6nc([C@@H]7CCCN7C(=O)C(C7CCOC8(CC8)C7)N(C)C(=O)O)[nH]c65)c4)ccc3c2[nH]1)C1CCOC2(CC2)C1. The predicted octanol–water partition coefficient (Wildman–Crippen LogP) is 8.61. The number of ether oxygens (including phenoxy) is 2. The van der Waals surface area contributed by atoms with Gasteiger partial charge in [0.1, 0.15) is 23.7 Å².